The van der Waals surface area contributed by atoms with Crippen molar-refractivity contribution in [2.75, 3.05) is 0 Å². The topological polar surface area (TPSA) is 43.4 Å². The molecule has 0 radical (unpaired) electrons. The van der Waals surface area contributed by atoms with E-state index in [4.69, 9.17) is 4.74 Å². The Bertz CT molecular complexity index is 543. The summed E-state index contributed by atoms with van der Waals surface area (Å²) in [6.07, 6.45) is 5.22. The molecule has 0 aromatic rings. The third kappa shape index (κ3) is 0.836. The molecule has 3 saturated carbocycles. The molecule has 4 bridgehead atoms. The van der Waals surface area contributed by atoms with E-state index in [9.17, 15) is 9.59 Å². The van der Waals surface area contributed by atoms with Crippen LogP contribution in [0, 0.1) is 47.3 Å². The van der Waals surface area contributed by atoms with Gasteiger partial charge in [-0.15, -0.1) is 0 Å². The molecule has 4 fully saturated rings. The number of ether oxygens (including phenoxy) is 1. The number of cyclic esters (lactones) is 2. The highest BCUT2D eigenvalue weighted by atomic mass is 16.6. The maximum absolute atomic E-state index is 12.0. The van der Waals surface area contributed by atoms with E-state index in [2.05, 4.69) is 0 Å². The zero-order valence-corrected chi connectivity index (χ0v) is 10.7. The molecule has 1 heterocycles. The van der Waals surface area contributed by atoms with E-state index in [0.29, 0.717) is 11.8 Å². The molecule has 3 heteroatoms. The van der Waals surface area contributed by atoms with Gasteiger partial charge < -0.3 is 4.74 Å². The monoisotopic (exact) mass is 256 g/mol. The minimum atomic E-state index is -0.220. The Labute approximate surface area is 111 Å². The average Bonchev–Trinajstić information content (AvgIpc) is 3.10. The van der Waals surface area contributed by atoms with Crippen LogP contribution >= 0.6 is 0 Å². The van der Waals surface area contributed by atoms with E-state index in [-0.39, 0.29) is 23.8 Å². The molecule has 0 amide bonds. The van der Waals surface area contributed by atoms with Crippen molar-refractivity contribution < 1.29 is 14.3 Å². The summed E-state index contributed by atoms with van der Waals surface area (Å²) >= 11 is 0. The third-order valence-corrected chi connectivity index (χ3v) is 7.25. The van der Waals surface area contributed by atoms with E-state index < -0.39 is 0 Å². The molecule has 0 N–H and O–H groups in total. The summed E-state index contributed by atoms with van der Waals surface area (Å²) in [5, 5.41) is 0. The van der Waals surface area contributed by atoms with Crippen molar-refractivity contribution in [2.24, 2.45) is 47.3 Å². The molecule has 6 unspecified atom stereocenters. The molecule has 98 valence electrons. The van der Waals surface area contributed by atoms with Crippen LogP contribution in [0.3, 0.4) is 0 Å². The van der Waals surface area contributed by atoms with E-state index in [1.54, 1.807) is 11.1 Å². The summed E-state index contributed by atoms with van der Waals surface area (Å²) in [7, 11) is 0. The zero-order chi connectivity index (χ0) is 12.5. The highest BCUT2D eigenvalue weighted by Gasteiger charge is 2.69. The molecular weight excluding hydrogens is 240 g/mol. The van der Waals surface area contributed by atoms with Gasteiger partial charge in [0.2, 0.25) is 0 Å². The van der Waals surface area contributed by atoms with Gasteiger partial charge >= 0.3 is 11.9 Å². The highest BCUT2D eigenvalue weighted by Crippen LogP contribution is 2.72. The lowest BCUT2D eigenvalue weighted by Gasteiger charge is -2.25. The smallest absolute Gasteiger partial charge is 0.318 e. The van der Waals surface area contributed by atoms with Crippen LogP contribution in [-0.2, 0) is 14.3 Å². The lowest BCUT2D eigenvalue weighted by molar-refractivity contribution is -0.154. The number of esters is 2. The number of allylic oxidation sites excluding steroid dienone is 2. The first-order valence-corrected chi connectivity index (χ1v) is 7.73. The summed E-state index contributed by atoms with van der Waals surface area (Å²) in [6, 6.07) is 0. The molecule has 5 aliphatic carbocycles. The summed E-state index contributed by atoms with van der Waals surface area (Å²) in [5.41, 5.74) is 3.29. The summed E-state index contributed by atoms with van der Waals surface area (Å²) < 4.78 is 4.93. The van der Waals surface area contributed by atoms with Crippen LogP contribution in [0.1, 0.15) is 25.7 Å². The minimum absolute atomic E-state index is 0.104. The molecule has 0 spiro atoms. The van der Waals surface area contributed by atoms with E-state index >= 15 is 0 Å². The quantitative estimate of drug-likeness (QED) is 0.378. The van der Waals surface area contributed by atoms with Crippen molar-refractivity contribution >= 4 is 11.9 Å². The maximum Gasteiger partial charge on any atom is 0.318 e. The van der Waals surface area contributed by atoms with Gasteiger partial charge in [0.15, 0.2) is 0 Å². The van der Waals surface area contributed by atoms with Crippen LogP contribution in [0.15, 0.2) is 11.1 Å². The van der Waals surface area contributed by atoms with Gasteiger partial charge in [0.25, 0.3) is 0 Å². The van der Waals surface area contributed by atoms with Gasteiger partial charge in [0.05, 0.1) is 11.8 Å². The molecule has 3 nitrogen and oxygen atoms in total. The Morgan fingerprint density at radius 2 is 1.32 bits per heavy atom. The van der Waals surface area contributed by atoms with Gasteiger partial charge in [0.1, 0.15) is 0 Å². The molecule has 0 aromatic carbocycles. The first-order valence-electron chi connectivity index (χ1n) is 7.73. The van der Waals surface area contributed by atoms with E-state index in [1.165, 1.54) is 19.3 Å². The van der Waals surface area contributed by atoms with Crippen molar-refractivity contribution in [3.05, 3.63) is 11.1 Å². The lowest BCUT2D eigenvalue weighted by atomic mass is 9.76. The number of carbonyl (C=O) groups is 2. The van der Waals surface area contributed by atoms with Crippen LogP contribution in [0.5, 0.6) is 0 Å². The molecule has 6 aliphatic rings. The standard InChI is InChI=1S/C16H16O3/c17-15-13-9-4-10(14(13)16(18)19-15)12-8-3-5-1-6(8)7(2-5)11(9)12/h5-10,13-14H,1-4H2. The van der Waals surface area contributed by atoms with Gasteiger partial charge in [-0.2, -0.15) is 0 Å². The number of fused-ring (bicyclic) bond motifs is 10. The molecule has 19 heavy (non-hydrogen) atoms. The van der Waals surface area contributed by atoms with Gasteiger partial charge in [0, 0.05) is 0 Å². The van der Waals surface area contributed by atoms with Crippen LogP contribution < -0.4 is 0 Å². The van der Waals surface area contributed by atoms with E-state index in [1.807, 2.05) is 0 Å². The second kappa shape index (κ2) is 2.68. The largest absolute Gasteiger partial charge is 0.393 e. The van der Waals surface area contributed by atoms with Crippen LogP contribution in [0.2, 0.25) is 0 Å². The summed E-state index contributed by atoms with van der Waals surface area (Å²) in [4.78, 5) is 23.9. The molecule has 1 aliphatic heterocycles. The highest BCUT2D eigenvalue weighted by molar-refractivity contribution is 5.98. The fourth-order valence-corrected chi connectivity index (χ4v) is 7.04. The van der Waals surface area contributed by atoms with Crippen molar-refractivity contribution in [1.82, 2.24) is 0 Å². The third-order valence-electron chi connectivity index (χ3n) is 7.25. The van der Waals surface area contributed by atoms with Crippen LogP contribution in [-0.4, -0.2) is 11.9 Å². The normalized spacial score (nSPS) is 59.2. The van der Waals surface area contributed by atoms with Gasteiger partial charge in [-0.3, -0.25) is 9.59 Å². The van der Waals surface area contributed by atoms with Crippen molar-refractivity contribution in [3.8, 4) is 0 Å². The van der Waals surface area contributed by atoms with Crippen LogP contribution in [0.4, 0.5) is 0 Å². The Morgan fingerprint density at radius 3 is 1.84 bits per heavy atom. The van der Waals surface area contributed by atoms with Gasteiger partial charge in [-0.1, -0.05) is 11.1 Å². The molecule has 6 rings (SSSR count). The Hall–Kier alpha value is -1.12. The maximum atomic E-state index is 12.0. The van der Waals surface area contributed by atoms with Crippen molar-refractivity contribution in [1.29, 1.82) is 0 Å². The summed E-state index contributed by atoms with van der Waals surface area (Å²) in [6.45, 7) is 0. The van der Waals surface area contributed by atoms with Crippen molar-refractivity contribution in [2.45, 2.75) is 25.7 Å². The Kier molecular flexibility index (Phi) is 1.37. The minimum Gasteiger partial charge on any atom is -0.393 e. The summed E-state index contributed by atoms with van der Waals surface area (Å²) in [5.74, 6) is 3.47. The first kappa shape index (κ1) is 9.73. The molecule has 6 atom stereocenters. The lowest BCUT2D eigenvalue weighted by Crippen LogP contribution is -2.27. The van der Waals surface area contributed by atoms with E-state index in [0.717, 1.165) is 30.1 Å². The first-order chi connectivity index (χ1) is 9.24. The zero-order valence-electron chi connectivity index (χ0n) is 10.7. The number of rotatable bonds is 0. The molecule has 0 aromatic heterocycles. The predicted molar refractivity (Wildman–Crippen MR) is 64.5 cm³/mol. The number of hydrogen-bond acceptors (Lipinski definition) is 3. The Morgan fingerprint density at radius 1 is 0.737 bits per heavy atom. The fourth-order valence-electron chi connectivity index (χ4n) is 7.04. The average molecular weight is 256 g/mol. The second-order valence-electron chi connectivity index (χ2n) is 7.60. The van der Waals surface area contributed by atoms with Crippen molar-refractivity contribution in [3.63, 3.8) is 0 Å². The van der Waals surface area contributed by atoms with Gasteiger partial charge in [-0.25, -0.2) is 0 Å². The Balaban J connectivity index is 1.54. The second-order valence-corrected chi connectivity index (χ2v) is 7.60. The molecular formula is C16H16O3. The van der Waals surface area contributed by atoms with Crippen LogP contribution in [0.25, 0.3) is 0 Å². The number of hydrogen-bond donors (Lipinski definition) is 0. The SMILES string of the molecule is O=C1OC(=O)C2C3CC(C4=C3C3CC5CC4C3C5)C12. The number of carbonyl (C=O) groups excluding carboxylic acids is 2. The predicted octanol–water partition coefficient (Wildman–Crippen LogP) is 1.92. The molecule has 1 saturated heterocycles. The fraction of sp³-hybridized carbons (Fsp3) is 0.750. The van der Waals surface area contributed by atoms with Gasteiger partial charge in [-0.05, 0) is 61.2 Å².